The van der Waals surface area contributed by atoms with Crippen molar-refractivity contribution in [3.05, 3.63) is 46.4 Å². The van der Waals surface area contributed by atoms with Crippen molar-refractivity contribution >= 4 is 23.2 Å². The van der Waals surface area contributed by atoms with Crippen LogP contribution in [0.4, 0.5) is 0 Å². The largest absolute Gasteiger partial charge is 0.439 e. The van der Waals surface area contributed by atoms with Gasteiger partial charge in [-0.3, -0.25) is 0 Å². The summed E-state index contributed by atoms with van der Waals surface area (Å²) >= 11 is 11.8. The predicted octanol–water partition coefficient (Wildman–Crippen LogP) is 4.15. The lowest BCUT2D eigenvalue weighted by molar-refractivity contribution is 0.456. The highest BCUT2D eigenvalue weighted by Gasteiger charge is 2.14. The maximum atomic E-state index is 5.97. The number of alkyl halides is 1. The van der Waals surface area contributed by atoms with E-state index in [4.69, 9.17) is 27.9 Å². The molecule has 98 valence electrons. The molecule has 1 aromatic carbocycles. The van der Waals surface area contributed by atoms with Crippen LogP contribution in [-0.4, -0.2) is 9.97 Å². The fourth-order valence-corrected chi connectivity index (χ4v) is 2.80. The van der Waals surface area contributed by atoms with Crippen molar-refractivity contribution in [3.8, 4) is 11.6 Å². The number of fused-ring (bicyclic) bond motifs is 1. The van der Waals surface area contributed by atoms with E-state index in [1.165, 1.54) is 23.9 Å². The van der Waals surface area contributed by atoms with Crippen molar-refractivity contribution in [2.45, 2.75) is 25.1 Å². The van der Waals surface area contributed by atoms with E-state index in [0.717, 1.165) is 18.6 Å². The minimum Gasteiger partial charge on any atom is -0.439 e. The minimum absolute atomic E-state index is 0.222. The molecule has 0 fully saturated rings. The maximum absolute atomic E-state index is 5.97. The molecule has 0 saturated carbocycles. The van der Waals surface area contributed by atoms with Crippen molar-refractivity contribution < 1.29 is 4.74 Å². The van der Waals surface area contributed by atoms with Crippen LogP contribution >= 0.6 is 23.2 Å². The van der Waals surface area contributed by atoms with Gasteiger partial charge >= 0.3 is 0 Å². The Morgan fingerprint density at radius 1 is 1.16 bits per heavy atom. The van der Waals surface area contributed by atoms with E-state index in [2.05, 4.69) is 22.1 Å². The van der Waals surface area contributed by atoms with Crippen LogP contribution in [0, 0.1) is 0 Å². The monoisotopic (exact) mass is 294 g/mol. The van der Waals surface area contributed by atoms with Gasteiger partial charge in [-0.1, -0.05) is 17.7 Å². The van der Waals surface area contributed by atoms with Crippen LogP contribution in [0.3, 0.4) is 0 Å². The topological polar surface area (TPSA) is 35.0 Å². The first-order valence-electron chi connectivity index (χ1n) is 6.13. The number of halogens is 2. The SMILES string of the molecule is ClCc1c(Cl)ncnc1Oc1ccc2c(c1)CCC2. The molecule has 19 heavy (non-hydrogen) atoms. The Bertz CT molecular complexity index is 616. The number of hydrogen-bond acceptors (Lipinski definition) is 3. The number of benzene rings is 1. The molecule has 0 atom stereocenters. The smallest absolute Gasteiger partial charge is 0.228 e. The highest BCUT2D eigenvalue weighted by Crippen LogP contribution is 2.31. The van der Waals surface area contributed by atoms with Gasteiger partial charge in [-0.2, -0.15) is 0 Å². The minimum atomic E-state index is 0.222. The molecule has 0 amide bonds. The standard InChI is InChI=1S/C14H12Cl2N2O/c15-7-12-13(16)17-8-18-14(12)19-11-5-4-9-2-1-3-10(9)6-11/h4-6,8H,1-3,7H2. The molecule has 0 aliphatic heterocycles. The average molecular weight is 295 g/mol. The molecule has 0 spiro atoms. The summed E-state index contributed by atoms with van der Waals surface area (Å²) in [6, 6.07) is 6.13. The third-order valence-corrected chi connectivity index (χ3v) is 3.86. The van der Waals surface area contributed by atoms with Gasteiger partial charge in [-0.05, 0) is 42.5 Å². The van der Waals surface area contributed by atoms with Gasteiger partial charge in [-0.15, -0.1) is 11.6 Å². The van der Waals surface area contributed by atoms with E-state index in [9.17, 15) is 0 Å². The molecule has 0 bridgehead atoms. The van der Waals surface area contributed by atoms with E-state index in [-0.39, 0.29) is 5.88 Å². The third-order valence-electron chi connectivity index (χ3n) is 3.27. The van der Waals surface area contributed by atoms with Gasteiger partial charge in [0.25, 0.3) is 0 Å². The van der Waals surface area contributed by atoms with Crippen molar-refractivity contribution in [3.63, 3.8) is 0 Å². The first-order valence-corrected chi connectivity index (χ1v) is 7.04. The summed E-state index contributed by atoms with van der Waals surface area (Å²) in [6.07, 6.45) is 4.85. The number of rotatable bonds is 3. The summed E-state index contributed by atoms with van der Waals surface area (Å²) < 4.78 is 5.79. The van der Waals surface area contributed by atoms with Gasteiger partial charge in [0.15, 0.2) is 0 Å². The lowest BCUT2D eigenvalue weighted by atomic mass is 10.1. The van der Waals surface area contributed by atoms with Crippen LogP contribution in [0.15, 0.2) is 24.5 Å². The average Bonchev–Trinajstić information content (AvgIpc) is 2.86. The highest BCUT2D eigenvalue weighted by molar-refractivity contribution is 6.31. The van der Waals surface area contributed by atoms with Crippen molar-refractivity contribution in [1.82, 2.24) is 9.97 Å². The van der Waals surface area contributed by atoms with Gasteiger partial charge in [0.05, 0.1) is 11.4 Å². The van der Waals surface area contributed by atoms with Crippen LogP contribution < -0.4 is 4.74 Å². The molecule has 0 radical (unpaired) electrons. The molecule has 3 rings (SSSR count). The molecule has 3 nitrogen and oxygen atoms in total. The fraction of sp³-hybridized carbons (Fsp3) is 0.286. The molecule has 0 unspecified atom stereocenters. The van der Waals surface area contributed by atoms with E-state index in [0.29, 0.717) is 16.6 Å². The van der Waals surface area contributed by atoms with E-state index < -0.39 is 0 Å². The Kier molecular flexibility index (Phi) is 3.58. The zero-order valence-corrected chi connectivity index (χ0v) is 11.7. The van der Waals surface area contributed by atoms with Crippen LogP contribution in [0.1, 0.15) is 23.1 Å². The maximum Gasteiger partial charge on any atom is 0.228 e. The Balaban J connectivity index is 1.91. The fourth-order valence-electron chi connectivity index (χ4n) is 2.30. The summed E-state index contributed by atoms with van der Waals surface area (Å²) in [5.74, 6) is 1.41. The third kappa shape index (κ3) is 2.53. The molecular weight excluding hydrogens is 283 g/mol. The number of nitrogens with zero attached hydrogens (tertiary/aromatic N) is 2. The molecule has 1 aliphatic carbocycles. The molecule has 1 aliphatic rings. The van der Waals surface area contributed by atoms with Crippen molar-refractivity contribution in [2.24, 2.45) is 0 Å². The number of hydrogen-bond donors (Lipinski definition) is 0. The Hall–Kier alpha value is -1.32. The van der Waals surface area contributed by atoms with Crippen LogP contribution in [-0.2, 0) is 18.7 Å². The highest BCUT2D eigenvalue weighted by atomic mass is 35.5. The Morgan fingerprint density at radius 3 is 2.84 bits per heavy atom. The molecule has 5 heteroatoms. The van der Waals surface area contributed by atoms with Crippen molar-refractivity contribution in [2.75, 3.05) is 0 Å². The normalized spacial score (nSPS) is 13.4. The Labute approximate surface area is 121 Å². The van der Waals surface area contributed by atoms with Gasteiger partial charge in [0, 0.05) is 0 Å². The van der Waals surface area contributed by atoms with Crippen LogP contribution in [0.2, 0.25) is 5.15 Å². The summed E-state index contributed by atoms with van der Waals surface area (Å²) in [7, 11) is 0. The predicted molar refractivity (Wildman–Crippen MR) is 75.1 cm³/mol. The lowest BCUT2D eigenvalue weighted by Gasteiger charge is -2.10. The summed E-state index contributed by atoms with van der Waals surface area (Å²) in [5, 5.41) is 0.334. The number of aromatic nitrogens is 2. The van der Waals surface area contributed by atoms with Gasteiger partial charge in [-0.25, -0.2) is 9.97 Å². The molecule has 1 aromatic heterocycles. The summed E-state index contributed by atoms with van der Waals surface area (Å²) in [4.78, 5) is 8.00. The van der Waals surface area contributed by atoms with Gasteiger partial charge in [0.1, 0.15) is 17.2 Å². The first-order chi connectivity index (χ1) is 9.28. The number of aryl methyl sites for hydroxylation is 2. The second-order valence-corrected chi connectivity index (χ2v) is 5.09. The molecule has 2 aromatic rings. The zero-order valence-electron chi connectivity index (χ0n) is 10.2. The quantitative estimate of drug-likeness (QED) is 0.630. The summed E-state index contributed by atoms with van der Waals surface area (Å²) in [6.45, 7) is 0. The summed E-state index contributed by atoms with van der Waals surface area (Å²) in [5.41, 5.74) is 3.38. The zero-order chi connectivity index (χ0) is 13.2. The van der Waals surface area contributed by atoms with Crippen LogP contribution in [0.5, 0.6) is 11.6 Å². The first kappa shape index (κ1) is 12.7. The second kappa shape index (κ2) is 5.35. The lowest BCUT2D eigenvalue weighted by Crippen LogP contribution is -1.96. The molecule has 0 N–H and O–H groups in total. The van der Waals surface area contributed by atoms with Gasteiger partial charge in [0.2, 0.25) is 5.88 Å². The van der Waals surface area contributed by atoms with E-state index >= 15 is 0 Å². The van der Waals surface area contributed by atoms with E-state index in [1.807, 2.05) is 6.07 Å². The Morgan fingerprint density at radius 2 is 2.00 bits per heavy atom. The molecule has 1 heterocycles. The number of ether oxygens (including phenoxy) is 1. The van der Waals surface area contributed by atoms with Gasteiger partial charge < -0.3 is 4.74 Å². The molecule has 0 saturated heterocycles. The molecular formula is C14H12Cl2N2O. The van der Waals surface area contributed by atoms with E-state index in [1.54, 1.807) is 0 Å². The van der Waals surface area contributed by atoms with Crippen LogP contribution in [0.25, 0.3) is 0 Å². The second-order valence-electron chi connectivity index (χ2n) is 4.47. The van der Waals surface area contributed by atoms with Crippen molar-refractivity contribution in [1.29, 1.82) is 0 Å².